The smallest absolute Gasteiger partial charge is 0.439 e. The minimum absolute atomic E-state index is 0.239. The number of rotatable bonds is 7. The molecule has 0 aliphatic carbocycles. The first-order chi connectivity index (χ1) is 8.45. The van der Waals surface area contributed by atoms with Gasteiger partial charge in [0.05, 0.1) is 13.2 Å². The minimum atomic E-state index is -0.782. The number of hydrazine groups is 4. The Morgan fingerprint density at radius 1 is 0.722 bits per heavy atom. The average Bonchev–Trinajstić information content (AvgIpc) is 2.31. The number of hydrogen-bond acceptors (Lipinski definition) is 8. The highest BCUT2D eigenvalue weighted by molar-refractivity contribution is 5.66. The van der Waals surface area contributed by atoms with Crippen LogP contribution in [0.2, 0.25) is 0 Å². The molecule has 10 heteroatoms. The molecule has 0 aromatic heterocycles. The quantitative estimate of drug-likeness (QED) is 0.195. The van der Waals surface area contributed by atoms with Crippen LogP contribution in [-0.2, 0) is 9.47 Å². The fourth-order valence-electron chi connectivity index (χ4n) is 1.03. The van der Waals surface area contributed by atoms with Crippen LogP contribution in [0.15, 0.2) is 0 Å². The molecule has 0 radical (unpaired) electrons. The summed E-state index contributed by atoms with van der Waals surface area (Å²) < 4.78 is 9.38. The van der Waals surface area contributed by atoms with E-state index in [1.807, 2.05) is 0 Å². The average molecular weight is 264 g/mol. The summed E-state index contributed by atoms with van der Waals surface area (Å²) in [5, 5.41) is 0.760. The molecule has 0 bridgehead atoms. The number of amides is 2. The molecule has 0 saturated carbocycles. The van der Waals surface area contributed by atoms with Crippen molar-refractivity contribution in [2.75, 3.05) is 13.2 Å². The second-order valence-electron chi connectivity index (χ2n) is 3.46. The number of unbranched alkanes of at least 4 members (excludes halogenated alkanes) is 3. The van der Waals surface area contributed by atoms with Crippen LogP contribution in [-0.4, -0.2) is 35.6 Å². The summed E-state index contributed by atoms with van der Waals surface area (Å²) in [6, 6.07) is 0. The number of ether oxygens (including phenoxy) is 2. The van der Waals surface area contributed by atoms with E-state index in [9.17, 15) is 9.59 Å². The molecular formula is C8H20N6O4. The topological polar surface area (TPSA) is 163 Å². The largest absolute Gasteiger partial charge is 0.448 e. The van der Waals surface area contributed by atoms with Gasteiger partial charge >= 0.3 is 12.2 Å². The molecule has 0 aliphatic rings. The van der Waals surface area contributed by atoms with E-state index in [1.165, 1.54) is 0 Å². The first kappa shape index (κ1) is 16.4. The summed E-state index contributed by atoms with van der Waals surface area (Å²) in [6.07, 6.45) is 1.41. The van der Waals surface area contributed by atoms with Gasteiger partial charge in [-0.05, 0) is 25.7 Å². The van der Waals surface area contributed by atoms with Crippen LogP contribution in [0.25, 0.3) is 0 Å². The second kappa shape index (κ2) is 9.41. The molecule has 10 nitrogen and oxygen atoms in total. The minimum Gasteiger partial charge on any atom is -0.448 e. The van der Waals surface area contributed by atoms with Crippen molar-refractivity contribution in [1.82, 2.24) is 10.2 Å². The SMILES string of the molecule is NN(N)C(=O)OCCCCCCOC(=O)N(N)N. The van der Waals surface area contributed by atoms with Crippen molar-refractivity contribution < 1.29 is 19.1 Å². The maximum Gasteiger partial charge on any atom is 0.439 e. The van der Waals surface area contributed by atoms with Gasteiger partial charge in [0.2, 0.25) is 0 Å². The number of carbonyl (C=O) groups is 2. The molecule has 0 fully saturated rings. The summed E-state index contributed by atoms with van der Waals surface area (Å²) in [6.45, 7) is 0.478. The molecule has 0 unspecified atom stereocenters. The number of nitrogens with two attached hydrogens (primary N) is 4. The van der Waals surface area contributed by atoms with E-state index >= 15 is 0 Å². The van der Waals surface area contributed by atoms with E-state index in [0.29, 0.717) is 23.1 Å². The van der Waals surface area contributed by atoms with Gasteiger partial charge in [-0.3, -0.25) is 0 Å². The predicted molar refractivity (Wildman–Crippen MR) is 61.6 cm³/mol. The zero-order valence-electron chi connectivity index (χ0n) is 10.1. The molecule has 106 valence electrons. The normalized spacial score (nSPS) is 9.78. The fourth-order valence-corrected chi connectivity index (χ4v) is 1.03. The van der Waals surface area contributed by atoms with Crippen molar-refractivity contribution in [3.63, 3.8) is 0 Å². The summed E-state index contributed by atoms with van der Waals surface area (Å²) in [5.41, 5.74) is 0. The van der Waals surface area contributed by atoms with E-state index in [0.717, 1.165) is 12.8 Å². The van der Waals surface area contributed by atoms with Crippen LogP contribution in [0.3, 0.4) is 0 Å². The molecule has 0 aromatic rings. The highest BCUT2D eigenvalue weighted by Crippen LogP contribution is 2.01. The molecule has 0 rings (SSSR count). The molecule has 8 N–H and O–H groups in total. The Bertz CT molecular complexity index is 234. The number of nitrogens with zero attached hydrogens (tertiary/aromatic N) is 2. The van der Waals surface area contributed by atoms with Gasteiger partial charge in [-0.25, -0.2) is 33.0 Å². The number of hydrogen-bond donors (Lipinski definition) is 4. The van der Waals surface area contributed by atoms with Crippen LogP contribution in [0.4, 0.5) is 9.59 Å². The van der Waals surface area contributed by atoms with Gasteiger partial charge in [-0.15, -0.1) is 0 Å². The summed E-state index contributed by atoms with van der Waals surface area (Å²) >= 11 is 0. The Labute approximate surface area is 105 Å². The molecule has 0 aromatic carbocycles. The van der Waals surface area contributed by atoms with E-state index in [-0.39, 0.29) is 13.2 Å². The predicted octanol–water partition coefficient (Wildman–Crippen LogP) is -1.08. The summed E-state index contributed by atoms with van der Waals surface area (Å²) in [5.74, 6) is 19.7. The zero-order valence-corrected chi connectivity index (χ0v) is 10.1. The van der Waals surface area contributed by atoms with Crippen LogP contribution < -0.4 is 23.4 Å². The van der Waals surface area contributed by atoms with Crippen molar-refractivity contribution in [3.8, 4) is 0 Å². The van der Waals surface area contributed by atoms with Crippen molar-refractivity contribution in [1.29, 1.82) is 0 Å². The molecule has 0 atom stereocenters. The summed E-state index contributed by atoms with van der Waals surface area (Å²) in [7, 11) is 0. The van der Waals surface area contributed by atoms with Crippen LogP contribution in [0, 0.1) is 0 Å². The van der Waals surface area contributed by atoms with Gasteiger partial charge < -0.3 is 9.47 Å². The number of carbonyl (C=O) groups excluding carboxylic acids is 2. The van der Waals surface area contributed by atoms with Gasteiger partial charge in [0.25, 0.3) is 0 Å². The Morgan fingerprint density at radius 2 is 1.06 bits per heavy atom. The molecule has 18 heavy (non-hydrogen) atoms. The Kier molecular flexibility index (Phi) is 8.57. The standard InChI is InChI=1S/C8H20N6O4/c9-13(10)7(15)17-5-3-1-2-4-6-18-8(16)14(11)12/h1-6,9-12H2. The van der Waals surface area contributed by atoms with Gasteiger partial charge in [0, 0.05) is 0 Å². The Hall–Kier alpha value is -1.62. The van der Waals surface area contributed by atoms with Crippen LogP contribution >= 0.6 is 0 Å². The molecule has 2 amide bonds. The Morgan fingerprint density at radius 3 is 1.33 bits per heavy atom. The van der Waals surface area contributed by atoms with Gasteiger partial charge in [0.1, 0.15) is 0 Å². The molecule has 0 saturated heterocycles. The fraction of sp³-hybridized carbons (Fsp3) is 0.750. The summed E-state index contributed by atoms with van der Waals surface area (Å²) in [4.78, 5) is 21.6. The lowest BCUT2D eigenvalue weighted by atomic mass is 10.2. The van der Waals surface area contributed by atoms with Crippen molar-refractivity contribution in [2.45, 2.75) is 25.7 Å². The first-order valence-corrected chi connectivity index (χ1v) is 5.37. The molecular weight excluding hydrogens is 244 g/mol. The molecule has 0 spiro atoms. The first-order valence-electron chi connectivity index (χ1n) is 5.37. The van der Waals surface area contributed by atoms with E-state index in [4.69, 9.17) is 32.8 Å². The molecule has 0 heterocycles. The lowest BCUT2D eigenvalue weighted by Crippen LogP contribution is -2.43. The van der Waals surface area contributed by atoms with E-state index in [1.54, 1.807) is 0 Å². The maximum atomic E-state index is 10.8. The van der Waals surface area contributed by atoms with Gasteiger partial charge in [-0.1, -0.05) is 0 Å². The lowest BCUT2D eigenvalue weighted by Gasteiger charge is -2.10. The van der Waals surface area contributed by atoms with E-state index in [2.05, 4.69) is 0 Å². The monoisotopic (exact) mass is 264 g/mol. The van der Waals surface area contributed by atoms with Gasteiger partial charge in [-0.2, -0.15) is 10.2 Å². The van der Waals surface area contributed by atoms with Crippen molar-refractivity contribution in [2.24, 2.45) is 23.4 Å². The van der Waals surface area contributed by atoms with Crippen molar-refractivity contribution in [3.05, 3.63) is 0 Å². The van der Waals surface area contributed by atoms with E-state index < -0.39 is 12.2 Å². The molecule has 0 aliphatic heterocycles. The third-order valence-corrected chi connectivity index (χ3v) is 1.91. The van der Waals surface area contributed by atoms with Gasteiger partial charge in [0.15, 0.2) is 0 Å². The van der Waals surface area contributed by atoms with Crippen LogP contribution in [0.5, 0.6) is 0 Å². The maximum absolute atomic E-state index is 10.8. The zero-order chi connectivity index (χ0) is 14.0. The van der Waals surface area contributed by atoms with Crippen LogP contribution in [0.1, 0.15) is 25.7 Å². The third kappa shape index (κ3) is 8.52. The van der Waals surface area contributed by atoms with Crippen molar-refractivity contribution >= 4 is 12.2 Å². The third-order valence-electron chi connectivity index (χ3n) is 1.91. The lowest BCUT2D eigenvalue weighted by molar-refractivity contribution is 0.0967. The second-order valence-corrected chi connectivity index (χ2v) is 3.46. The Balaban J connectivity index is 3.27. The highest BCUT2D eigenvalue weighted by atomic mass is 16.6. The highest BCUT2D eigenvalue weighted by Gasteiger charge is 2.06.